The average molecular weight is 356 g/mol. The van der Waals surface area contributed by atoms with E-state index >= 15 is 0 Å². The Labute approximate surface area is 130 Å². The predicted octanol–water partition coefficient (Wildman–Crippen LogP) is 4.02. The zero-order chi connectivity index (χ0) is 15.7. The first kappa shape index (κ1) is 15.7. The van der Waals surface area contributed by atoms with Gasteiger partial charge in [-0.15, -0.1) is 0 Å². The van der Waals surface area contributed by atoms with Crippen LogP contribution in [0.15, 0.2) is 16.6 Å². The number of rotatable bonds is 3. The van der Waals surface area contributed by atoms with E-state index in [0.29, 0.717) is 9.99 Å². The summed E-state index contributed by atoms with van der Waals surface area (Å²) in [6, 6.07) is 3.02. The number of aryl methyl sites for hydroxylation is 1. The smallest absolute Gasteiger partial charge is 0.356 e. The summed E-state index contributed by atoms with van der Waals surface area (Å²) in [5.41, 5.74) is 1.21. The minimum absolute atomic E-state index is 0.0884. The molecule has 1 aromatic carbocycles. The van der Waals surface area contributed by atoms with Crippen molar-refractivity contribution in [3.8, 4) is 5.75 Å². The molecule has 0 spiro atoms. The lowest BCUT2D eigenvalue weighted by molar-refractivity contribution is 0.0593. The number of fused-ring (bicyclic) bond motifs is 1. The van der Waals surface area contributed by atoms with Crippen LogP contribution in [-0.2, 0) is 4.74 Å². The van der Waals surface area contributed by atoms with E-state index in [1.807, 2.05) is 13.8 Å². The van der Waals surface area contributed by atoms with Crippen molar-refractivity contribution in [2.24, 2.45) is 0 Å². The van der Waals surface area contributed by atoms with Gasteiger partial charge in [-0.3, -0.25) is 0 Å². The lowest BCUT2D eigenvalue weighted by Gasteiger charge is -2.15. The lowest BCUT2D eigenvalue weighted by atomic mass is 10.1. The third-order valence-electron chi connectivity index (χ3n) is 2.89. The van der Waals surface area contributed by atoms with Gasteiger partial charge in [-0.25, -0.2) is 14.2 Å². The minimum atomic E-state index is -0.590. The highest BCUT2D eigenvalue weighted by Crippen LogP contribution is 2.34. The van der Waals surface area contributed by atoms with Gasteiger partial charge in [0.2, 0.25) is 0 Å². The van der Waals surface area contributed by atoms with Crippen molar-refractivity contribution >= 4 is 32.8 Å². The van der Waals surface area contributed by atoms with Crippen LogP contribution in [0.4, 0.5) is 4.39 Å². The fourth-order valence-electron chi connectivity index (χ4n) is 2.02. The second-order valence-electron chi connectivity index (χ2n) is 4.88. The Bertz CT molecular complexity index is 716. The van der Waals surface area contributed by atoms with Crippen LogP contribution >= 0.6 is 15.9 Å². The molecular weight excluding hydrogens is 341 g/mol. The number of esters is 1. The number of nitrogens with zero attached hydrogens (tertiary/aromatic N) is 1. The second kappa shape index (κ2) is 5.97. The number of methoxy groups -OCH3 is 1. The third-order valence-corrected chi connectivity index (χ3v) is 3.46. The summed E-state index contributed by atoms with van der Waals surface area (Å²) in [4.78, 5) is 15.9. The molecule has 1 aromatic heterocycles. The SMILES string of the molecule is COC(=O)c1cc(OC(C)C)c2c(F)c(Br)cc(C)c2n1. The molecule has 6 heteroatoms. The molecule has 0 radical (unpaired) electrons. The van der Waals surface area contributed by atoms with Crippen LogP contribution in [0.3, 0.4) is 0 Å². The number of hydrogen-bond acceptors (Lipinski definition) is 4. The van der Waals surface area contributed by atoms with Gasteiger partial charge in [0.25, 0.3) is 0 Å². The minimum Gasteiger partial charge on any atom is -0.490 e. The predicted molar refractivity (Wildman–Crippen MR) is 81.2 cm³/mol. The molecule has 2 rings (SSSR count). The number of carbonyl (C=O) groups excluding carboxylic acids is 1. The Morgan fingerprint density at radius 3 is 2.62 bits per heavy atom. The maximum atomic E-state index is 14.4. The number of carbonyl (C=O) groups is 1. The number of halogens is 2. The summed E-state index contributed by atoms with van der Waals surface area (Å²) in [5, 5.41) is 0.253. The average Bonchev–Trinajstić information content (AvgIpc) is 2.42. The zero-order valence-corrected chi connectivity index (χ0v) is 13.7. The summed E-state index contributed by atoms with van der Waals surface area (Å²) < 4.78 is 25.1. The Morgan fingerprint density at radius 2 is 2.05 bits per heavy atom. The van der Waals surface area contributed by atoms with Gasteiger partial charge in [0.05, 0.1) is 28.6 Å². The van der Waals surface area contributed by atoms with Gasteiger partial charge >= 0.3 is 5.97 Å². The lowest BCUT2D eigenvalue weighted by Crippen LogP contribution is -2.10. The summed E-state index contributed by atoms with van der Waals surface area (Å²) in [6.07, 6.45) is -0.167. The van der Waals surface area contributed by atoms with Crippen LogP contribution in [0.25, 0.3) is 10.9 Å². The molecule has 21 heavy (non-hydrogen) atoms. The Hall–Kier alpha value is -1.69. The van der Waals surface area contributed by atoms with E-state index in [1.165, 1.54) is 13.2 Å². The van der Waals surface area contributed by atoms with Crippen LogP contribution in [0.2, 0.25) is 0 Å². The molecule has 0 unspecified atom stereocenters. The van der Waals surface area contributed by atoms with Crippen molar-refractivity contribution in [3.63, 3.8) is 0 Å². The third kappa shape index (κ3) is 3.00. The maximum Gasteiger partial charge on any atom is 0.356 e. The zero-order valence-electron chi connectivity index (χ0n) is 12.2. The summed E-state index contributed by atoms with van der Waals surface area (Å²) >= 11 is 3.18. The Morgan fingerprint density at radius 1 is 1.38 bits per heavy atom. The van der Waals surface area contributed by atoms with Crippen molar-refractivity contribution in [1.29, 1.82) is 0 Å². The topological polar surface area (TPSA) is 48.4 Å². The fourth-order valence-corrected chi connectivity index (χ4v) is 2.56. The summed E-state index contributed by atoms with van der Waals surface area (Å²) in [5.74, 6) is -0.777. The molecule has 0 atom stereocenters. The Kier molecular flexibility index (Phi) is 4.46. The molecule has 0 aliphatic heterocycles. The van der Waals surface area contributed by atoms with Crippen molar-refractivity contribution in [2.75, 3.05) is 7.11 Å². The standard InChI is InChI=1S/C15H15BrFNO3/c1-7(2)21-11-6-10(15(19)20-4)18-14-8(3)5-9(16)13(17)12(11)14/h5-7H,1-4H3. The molecule has 0 fully saturated rings. The number of ether oxygens (including phenoxy) is 2. The van der Waals surface area contributed by atoms with Gasteiger partial charge in [-0.2, -0.15) is 0 Å². The first-order valence-electron chi connectivity index (χ1n) is 6.39. The molecule has 2 aromatic rings. The fraction of sp³-hybridized carbons (Fsp3) is 0.333. The molecule has 112 valence electrons. The molecule has 4 nitrogen and oxygen atoms in total. The summed E-state index contributed by atoms with van der Waals surface area (Å²) in [7, 11) is 1.27. The molecule has 0 N–H and O–H groups in total. The number of benzene rings is 1. The first-order chi connectivity index (χ1) is 9.85. The molecule has 1 heterocycles. The number of aromatic nitrogens is 1. The quantitative estimate of drug-likeness (QED) is 0.780. The molecule has 0 saturated carbocycles. The Balaban J connectivity index is 2.84. The van der Waals surface area contributed by atoms with Gasteiger partial charge in [0.15, 0.2) is 11.5 Å². The van der Waals surface area contributed by atoms with Crippen molar-refractivity contribution in [3.05, 3.63) is 33.7 Å². The van der Waals surface area contributed by atoms with Crippen molar-refractivity contribution in [2.45, 2.75) is 26.9 Å². The summed E-state index contributed by atoms with van der Waals surface area (Å²) in [6.45, 7) is 5.44. The largest absolute Gasteiger partial charge is 0.490 e. The molecular formula is C15H15BrFNO3. The van der Waals surface area contributed by atoms with E-state index in [4.69, 9.17) is 4.74 Å². The molecule has 0 bridgehead atoms. The normalized spacial score (nSPS) is 11.0. The van der Waals surface area contributed by atoms with Gasteiger partial charge < -0.3 is 9.47 Å². The van der Waals surface area contributed by atoms with E-state index in [1.54, 1.807) is 13.0 Å². The van der Waals surface area contributed by atoms with Crippen LogP contribution in [-0.4, -0.2) is 24.2 Å². The molecule has 0 aliphatic rings. The monoisotopic (exact) mass is 355 g/mol. The molecule has 0 amide bonds. The maximum absolute atomic E-state index is 14.4. The van der Waals surface area contributed by atoms with Crippen LogP contribution in [0.5, 0.6) is 5.75 Å². The van der Waals surface area contributed by atoms with Crippen LogP contribution in [0.1, 0.15) is 29.9 Å². The van der Waals surface area contributed by atoms with Gasteiger partial charge in [-0.1, -0.05) is 0 Å². The van der Waals surface area contributed by atoms with Gasteiger partial charge in [-0.05, 0) is 48.3 Å². The number of hydrogen-bond donors (Lipinski definition) is 0. The van der Waals surface area contributed by atoms with Crippen LogP contribution in [0, 0.1) is 12.7 Å². The second-order valence-corrected chi connectivity index (χ2v) is 5.73. The van der Waals surface area contributed by atoms with Crippen molar-refractivity contribution < 1.29 is 18.7 Å². The van der Waals surface area contributed by atoms with E-state index in [0.717, 1.165) is 5.56 Å². The first-order valence-corrected chi connectivity index (χ1v) is 7.18. The van der Waals surface area contributed by atoms with Gasteiger partial charge in [0.1, 0.15) is 5.75 Å². The van der Waals surface area contributed by atoms with Gasteiger partial charge in [0, 0.05) is 6.07 Å². The molecule has 0 aliphatic carbocycles. The molecule has 0 saturated heterocycles. The van der Waals surface area contributed by atoms with Crippen LogP contribution < -0.4 is 4.74 Å². The van der Waals surface area contributed by atoms with Crippen molar-refractivity contribution in [1.82, 2.24) is 4.98 Å². The van der Waals surface area contributed by atoms with E-state index in [9.17, 15) is 9.18 Å². The highest BCUT2D eigenvalue weighted by atomic mass is 79.9. The number of pyridine rings is 1. The highest BCUT2D eigenvalue weighted by molar-refractivity contribution is 9.10. The van der Waals surface area contributed by atoms with E-state index in [-0.39, 0.29) is 22.9 Å². The van der Waals surface area contributed by atoms with E-state index in [2.05, 4.69) is 25.7 Å². The van der Waals surface area contributed by atoms with E-state index < -0.39 is 11.8 Å². The highest BCUT2D eigenvalue weighted by Gasteiger charge is 2.20.